The summed E-state index contributed by atoms with van der Waals surface area (Å²) < 4.78 is 0.892. The summed E-state index contributed by atoms with van der Waals surface area (Å²) in [5.41, 5.74) is 0.682. The van der Waals surface area contributed by atoms with Gasteiger partial charge in [-0.1, -0.05) is 42.5 Å². The minimum atomic E-state index is -0.284. The first-order valence-electron chi connectivity index (χ1n) is 7.57. The molecule has 5 rings (SSSR count). The summed E-state index contributed by atoms with van der Waals surface area (Å²) in [6.07, 6.45) is 2.66. The first-order valence-corrected chi connectivity index (χ1v) is 8.65. The van der Waals surface area contributed by atoms with E-state index in [0.717, 1.165) is 30.5 Å². The number of rotatable bonds is 1. The van der Waals surface area contributed by atoms with Crippen LogP contribution in [0.3, 0.4) is 0 Å². The van der Waals surface area contributed by atoms with Crippen molar-refractivity contribution in [2.45, 2.75) is 0 Å². The Kier molecular flexibility index (Phi) is 2.77. The van der Waals surface area contributed by atoms with Crippen LogP contribution < -0.4 is 4.90 Å². The van der Waals surface area contributed by atoms with Gasteiger partial charge in [0.15, 0.2) is 0 Å². The smallest absolute Gasteiger partial charge is 0.258 e. The van der Waals surface area contributed by atoms with E-state index in [-0.39, 0.29) is 11.8 Å². The SMILES string of the molecule is O=C1C=CC(=O)N1c1c(I)cc2ccc3cccc4ccc1c2c34. The fraction of sp³-hybridized carbons (Fsp3) is 0. The lowest BCUT2D eigenvalue weighted by Gasteiger charge is -2.21. The van der Waals surface area contributed by atoms with Gasteiger partial charge < -0.3 is 0 Å². The molecular weight excluding hydrogens is 413 g/mol. The van der Waals surface area contributed by atoms with Crippen LogP contribution in [0.25, 0.3) is 32.3 Å². The highest BCUT2D eigenvalue weighted by atomic mass is 127. The lowest BCUT2D eigenvalue weighted by molar-refractivity contribution is -0.119. The number of benzene rings is 4. The molecule has 0 aromatic heterocycles. The van der Waals surface area contributed by atoms with E-state index in [2.05, 4.69) is 52.9 Å². The van der Waals surface area contributed by atoms with E-state index in [1.54, 1.807) is 0 Å². The fourth-order valence-electron chi connectivity index (χ4n) is 3.61. The molecule has 0 atom stereocenters. The van der Waals surface area contributed by atoms with Gasteiger partial charge >= 0.3 is 0 Å². The van der Waals surface area contributed by atoms with Crippen molar-refractivity contribution >= 4 is 72.4 Å². The summed E-state index contributed by atoms with van der Waals surface area (Å²) in [5.74, 6) is -0.569. The van der Waals surface area contributed by atoms with Crippen molar-refractivity contribution in [3.63, 3.8) is 0 Å². The zero-order valence-corrected chi connectivity index (χ0v) is 14.6. The van der Waals surface area contributed by atoms with Crippen LogP contribution in [0.15, 0.2) is 60.7 Å². The quantitative estimate of drug-likeness (QED) is 0.255. The molecule has 1 aliphatic heterocycles. The van der Waals surface area contributed by atoms with Gasteiger partial charge in [0, 0.05) is 21.1 Å². The van der Waals surface area contributed by atoms with E-state index >= 15 is 0 Å². The van der Waals surface area contributed by atoms with E-state index in [0.29, 0.717) is 5.69 Å². The number of carbonyl (C=O) groups is 2. The first-order chi connectivity index (χ1) is 11.6. The molecule has 0 aliphatic carbocycles. The number of amides is 2. The third-order valence-corrected chi connectivity index (χ3v) is 5.43. The minimum Gasteiger partial charge on any atom is -0.269 e. The molecular formula is C20H10INO2. The van der Waals surface area contributed by atoms with E-state index in [1.165, 1.54) is 22.4 Å². The highest BCUT2D eigenvalue weighted by Crippen LogP contribution is 2.42. The number of hydrogen-bond acceptors (Lipinski definition) is 2. The maximum atomic E-state index is 12.2. The van der Waals surface area contributed by atoms with Crippen LogP contribution in [0.2, 0.25) is 0 Å². The van der Waals surface area contributed by atoms with Crippen LogP contribution in [0.5, 0.6) is 0 Å². The predicted molar refractivity (Wildman–Crippen MR) is 104 cm³/mol. The van der Waals surface area contributed by atoms with Crippen LogP contribution in [-0.2, 0) is 9.59 Å². The summed E-state index contributed by atoms with van der Waals surface area (Å²) in [5, 5.41) is 6.66. The number of halogens is 1. The van der Waals surface area contributed by atoms with Crippen LogP contribution in [0.4, 0.5) is 5.69 Å². The molecule has 0 unspecified atom stereocenters. The maximum Gasteiger partial charge on any atom is 0.258 e. The van der Waals surface area contributed by atoms with Gasteiger partial charge in [-0.15, -0.1) is 0 Å². The zero-order valence-electron chi connectivity index (χ0n) is 12.4. The molecule has 1 heterocycles. The summed E-state index contributed by atoms with van der Waals surface area (Å²) in [4.78, 5) is 25.7. The monoisotopic (exact) mass is 423 g/mol. The molecule has 4 heteroatoms. The molecule has 0 fully saturated rings. The first kappa shape index (κ1) is 13.9. The lowest BCUT2D eigenvalue weighted by Crippen LogP contribution is -2.30. The van der Waals surface area contributed by atoms with Crippen molar-refractivity contribution in [1.29, 1.82) is 0 Å². The predicted octanol–water partition coefficient (Wildman–Crippen LogP) is 4.62. The molecule has 0 N–H and O–H groups in total. The van der Waals surface area contributed by atoms with E-state index in [4.69, 9.17) is 0 Å². The van der Waals surface area contributed by atoms with E-state index in [9.17, 15) is 9.59 Å². The van der Waals surface area contributed by atoms with Crippen molar-refractivity contribution in [3.05, 3.63) is 64.3 Å². The lowest BCUT2D eigenvalue weighted by atomic mass is 9.93. The summed E-state index contributed by atoms with van der Waals surface area (Å²) in [6, 6.07) is 16.6. The zero-order chi connectivity index (χ0) is 16.4. The van der Waals surface area contributed by atoms with Gasteiger partial charge in [0.2, 0.25) is 0 Å². The topological polar surface area (TPSA) is 37.4 Å². The van der Waals surface area contributed by atoms with Crippen molar-refractivity contribution in [2.75, 3.05) is 4.90 Å². The number of hydrogen-bond donors (Lipinski definition) is 0. The third-order valence-electron chi connectivity index (χ3n) is 4.61. The highest BCUT2D eigenvalue weighted by Gasteiger charge is 2.29. The number of anilines is 1. The van der Waals surface area contributed by atoms with Crippen LogP contribution in [0, 0.1) is 3.57 Å². The molecule has 0 spiro atoms. The molecule has 24 heavy (non-hydrogen) atoms. The largest absolute Gasteiger partial charge is 0.269 e. The van der Waals surface area contributed by atoms with Gasteiger partial charge in [-0.2, -0.15) is 0 Å². The molecule has 4 aromatic carbocycles. The maximum absolute atomic E-state index is 12.2. The van der Waals surface area contributed by atoms with Gasteiger partial charge in [0.25, 0.3) is 11.8 Å². The fourth-order valence-corrected chi connectivity index (χ4v) is 4.48. The second kappa shape index (κ2) is 4.77. The Morgan fingerprint density at radius 1 is 0.750 bits per heavy atom. The van der Waals surface area contributed by atoms with Crippen molar-refractivity contribution in [3.8, 4) is 0 Å². The molecule has 3 nitrogen and oxygen atoms in total. The Labute approximate surface area is 151 Å². The standard InChI is InChI=1S/C20H10INO2/c21-15-10-13-5-4-11-2-1-3-12-6-7-14(19(13)18(11)12)20(15)22-16(23)8-9-17(22)24/h1-10H. The van der Waals surface area contributed by atoms with Crippen LogP contribution in [0.1, 0.15) is 0 Å². The number of carbonyl (C=O) groups excluding carboxylic acids is 2. The Bertz CT molecular complexity index is 1180. The molecule has 0 bridgehead atoms. The molecule has 4 aromatic rings. The molecule has 0 saturated heterocycles. The third kappa shape index (κ3) is 1.72. The molecule has 0 saturated carbocycles. The molecule has 0 radical (unpaired) electrons. The molecule has 114 valence electrons. The van der Waals surface area contributed by atoms with Crippen molar-refractivity contribution in [2.24, 2.45) is 0 Å². The average Bonchev–Trinajstić information content (AvgIpc) is 2.91. The highest BCUT2D eigenvalue weighted by molar-refractivity contribution is 14.1. The second-order valence-corrected chi connectivity index (χ2v) is 7.07. The van der Waals surface area contributed by atoms with Crippen LogP contribution in [-0.4, -0.2) is 11.8 Å². The van der Waals surface area contributed by atoms with E-state index < -0.39 is 0 Å². The number of nitrogens with zero attached hydrogens (tertiary/aromatic N) is 1. The summed E-state index contributed by atoms with van der Waals surface area (Å²) in [6.45, 7) is 0. The van der Waals surface area contributed by atoms with Crippen molar-refractivity contribution in [1.82, 2.24) is 0 Å². The summed E-state index contributed by atoms with van der Waals surface area (Å²) in [7, 11) is 0. The van der Waals surface area contributed by atoms with Gasteiger partial charge in [-0.25, -0.2) is 4.90 Å². The molecule has 1 aliphatic rings. The number of imide groups is 1. The Morgan fingerprint density at radius 2 is 1.38 bits per heavy atom. The average molecular weight is 423 g/mol. The Morgan fingerprint density at radius 3 is 2.08 bits per heavy atom. The van der Waals surface area contributed by atoms with Gasteiger partial charge in [0.05, 0.1) is 5.69 Å². The van der Waals surface area contributed by atoms with E-state index in [1.807, 2.05) is 18.2 Å². The van der Waals surface area contributed by atoms with Crippen molar-refractivity contribution < 1.29 is 9.59 Å². The second-order valence-electron chi connectivity index (χ2n) is 5.91. The normalized spacial score (nSPS) is 14.8. The Hall–Kier alpha value is -2.47. The molecule has 2 amide bonds. The van der Waals surface area contributed by atoms with Gasteiger partial charge in [-0.05, 0) is 55.6 Å². The van der Waals surface area contributed by atoms with Gasteiger partial charge in [0.1, 0.15) is 0 Å². The summed E-state index contributed by atoms with van der Waals surface area (Å²) >= 11 is 2.20. The van der Waals surface area contributed by atoms with Gasteiger partial charge in [-0.3, -0.25) is 9.59 Å². The Balaban J connectivity index is 1.99. The minimum absolute atomic E-state index is 0.284. The van der Waals surface area contributed by atoms with Crippen LogP contribution >= 0.6 is 22.6 Å².